The highest BCUT2D eigenvalue weighted by Gasteiger charge is 2.61. The SMILES string of the molecule is CC12CCC(CC1=O)C2(C)C.CCC(C)OC.CCC(C)OC.CCCCCCCCS(=O)(=O)O/N=C(\C#N)c1ccc(OC)cc1.CCOC(C)CC.COC(=O)C(C)C(C)C(=O)O.c1ccc(Sc2ccc([S+](c3ccccc3)c3ccccc3)cc2)cc1. The number of carboxylic acids is 1. The molecule has 0 aliphatic heterocycles. The molecule has 5 aromatic carbocycles. The highest BCUT2D eigenvalue weighted by Crippen LogP contribution is 2.63. The summed E-state index contributed by atoms with van der Waals surface area (Å²) in [6.45, 7) is 27.2. The summed E-state index contributed by atoms with van der Waals surface area (Å²) in [7, 11) is 2.40. The van der Waals surface area contributed by atoms with Crippen LogP contribution in [0.2, 0.25) is 0 Å². The number of aliphatic carboxylic acids is 1. The number of rotatable bonds is 26. The molecular formula is C74H109N2O12S3+. The summed E-state index contributed by atoms with van der Waals surface area (Å²) >= 11 is 1.80. The van der Waals surface area contributed by atoms with Crippen molar-refractivity contribution in [1.82, 2.24) is 0 Å². The molecule has 5 aromatic rings. The van der Waals surface area contributed by atoms with E-state index in [1.807, 2.05) is 13.0 Å². The molecule has 2 bridgehead atoms. The number of hydrogen-bond donors (Lipinski definition) is 1. The predicted octanol–water partition coefficient (Wildman–Crippen LogP) is 18.2. The normalized spacial score (nSPS) is 16.7. The van der Waals surface area contributed by atoms with Crippen LogP contribution in [0.4, 0.5) is 0 Å². The third-order valence-electron chi connectivity index (χ3n) is 16.6. The van der Waals surface area contributed by atoms with E-state index in [1.165, 1.54) is 65.4 Å². The van der Waals surface area contributed by atoms with E-state index in [1.54, 1.807) is 50.2 Å². The van der Waals surface area contributed by atoms with E-state index in [9.17, 15) is 22.8 Å². The van der Waals surface area contributed by atoms with Crippen molar-refractivity contribution < 1.29 is 55.9 Å². The van der Waals surface area contributed by atoms with Crippen LogP contribution in [0.15, 0.2) is 169 Å². The molecule has 0 spiro atoms. The number of unbranched alkanes of at least 4 members (excludes halogenated alkanes) is 5. The van der Waals surface area contributed by atoms with Crippen LogP contribution < -0.4 is 4.74 Å². The largest absolute Gasteiger partial charge is 0.497 e. The highest BCUT2D eigenvalue weighted by atomic mass is 32.2. The number of carbonyl (C=O) groups excluding carboxylic acids is 2. The number of benzene rings is 5. The monoisotopic (exact) mass is 1310 g/mol. The molecule has 14 nitrogen and oxygen atoms in total. The Labute approximate surface area is 555 Å². The zero-order valence-corrected chi connectivity index (χ0v) is 60.1. The van der Waals surface area contributed by atoms with Gasteiger partial charge in [-0.05, 0) is 162 Å². The van der Waals surface area contributed by atoms with E-state index in [2.05, 4.69) is 199 Å². The number of fused-ring (bicyclic) bond motifs is 2. The smallest absolute Gasteiger partial charge is 0.328 e. The number of ketones is 1. The first-order chi connectivity index (χ1) is 43.3. The Bertz CT molecular complexity index is 2890. The van der Waals surface area contributed by atoms with Gasteiger partial charge in [-0.25, -0.2) is 0 Å². The van der Waals surface area contributed by atoms with Gasteiger partial charge in [0.15, 0.2) is 20.4 Å². The lowest BCUT2D eigenvalue weighted by atomic mass is 9.70. The van der Waals surface area contributed by atoms with Crippen LogP contribution in [-0.2, 0) is 58.6 Å². The predicted molar refractivity (Wildman–Crippen MR) is 373 cm³/mol. The van der Waals surface area contributed by atoms with Gasteiger partial charge in [0.25, 0.3) is 0 Å². The first kappa shape index (κ1) is 83.0. The van der Waals surface area contributed by atoms with Crippen molar-refractivity contribution in [2.75, 3.05) is 40.8 Å². The molecule has 7 atom stereocenters. The van der Waals surface area contributed by atoms with Crippen LogP contribution in [0.25, 0.3) is 0 Å². The first-order valence-electron chi connectivity index (χ1n) is 32.1. The third kappa shape index (κ3) is 31.0. The minimum atomic E-state index is -3.76. The lowest BCUT2D eigenvalue weighted by Crippen LogP contribution is -2.32. The molecule has 0 saturated heterocycles. The molecule has 0 radical (unpaired) electrons. The molecule has 7 unspecified atom stereocenters. The molecule has 2 aliphatic rings. The molecule has 2 fully saturated rings. The Morgan fingerprint density at radius 3 is 1.49 bits per heavy atom. The number of hydrogen-bond acceptors (Lipinski definition) is 14. The van der Waals surface area contributed by atoms with E-state index in [0.717, 1.165) is 64.4 Å². The average molecular weight is 1310 g/mol. The fraction of sp³-hybridized carbons (Fsp3) is 0.527. The van der Waals surface area contributed by atoms with Crippen molar-refractivity contribution in [3.63, 3.8) is 0 Å². The molecule has 17 heteroatoms. The van der Waals surface area contributed by atoms with E-state index in [4.69, 9.17) is 29.3 Å². The minimum absolute atomic E-state index is 0.0255. The number of esters is 1. The number of carbonyl (C=O) groups is 3. The number of ether oxygens (including phenoxy) is 5. The molecule has 7 rings (SSSR count). The average Bonchev–Trinajstić information content (AvgIpc) is 1.57. The van der Waals surface area contributed by atoms with E-state index < -0.39 is 33.9 Å². The van der Waals surface area contributed by atoms with Gasteiger partial charge < -0.3 is 28.8 Å². The summed E-state index contributed by atoms with van der Waals surface area (Å²) < 4.78 is 52.7. The molecule has 2 aliphatic carbocycles. The fourth-order valence-electron chi connectivity index (χ4n) is 9.11. The number of methoxy groups -OCH3 is 4. The second-order valence-electron chi connectivity index (χ2n) is 23.1. The van der Waals surface area contributed by atoms with Crippen LogP contribution in [0.1, 0.15) is 173 Å². The van der Waals surface area contributed by atoms with Crippen molar-refractivity contribution in [1.29, 1.82) is 5.26 Å². The van der Waals surface area contributed by atoms with Gasteiger partial charge in [0.1, 0.15) is 17.6 Å². The van der Waals surface area contributed by atoms with Gasteiger partial charge in [-0.3, -0.25) is 18.7 Å². The topological polar surface area (TPSA) is 197 Å². The van der Waals surface area contributed by atoms with E-state index in [0.29, 0.717) is 47.7 Å². The number of nitriles is 1. The quantitative estimate of drug-likeness (QED) is 0.0180. The van der Waals surface area contributed by atoms with Crippen LogP contribution in [-0.4, -0.2) is 96.1 Å². The lowest BCUT2D eigenvalue weighted by Gasteiger charge is -2.32. The van der Waals surface area contributed by atoms with Gasteiger partial charge in [-0.15, -0.1) is 0 Å². The minimum Gasteiger partial charge on any atom is -0.497 e. The van der Waals surface area contributed by atoms with Crippen molar-refractivity contribution >= 4 is 56.2 Å². The standard InChI is InChI=1S/C24H19S2.C17H24N2O4S.C10H16O.C7H12O4.C6H14O.2C5H12O/c1-4-10-20(11-5-1)25-21-16-18-24(19-17-21)26(22-12-6-2-7-13-22)23-14-8-3-9-15-23;1-3-4-5-6-7-8-13-24(20,21)23-19-17(14-18)15-9-11-16(22-2)12-10-15;1-9(2)7-4-5-10(9,3)8(11)6-7;1-4(6(8)9)5(2)7(10)11-3;1-4-6(3)7-5-2;2*1-4-5(2)6-3/h1-19H;9-12H,3-8,13H2,1-2H3;7H,4-6H2,1-3H3;4-5H,1-3H3,(H,8,9);6H,4-5H2,1-3H3;2*5H,4H2,1-3H3/q+1;;;;;;/b;19-17+;;;;;. The Morgan fingerprint density at radius 1 is 0.659 bits per heavy atom. The molecule has 2 saturated carbocycles. The Kier molecular flexibility index (Phi) is 42.1. The second kappa shape index (κ2) is 46.1. The van der Waals surface area contributed by atoms with Gasteiger partial charge in [0, 0.05) is 48.0 Å². The molecular weight excluding hydrogens is 1210 g/mol. The maximum absolute atomic E-state index is 11.8. The number of carboxylic acid groups (broad SMARTS) is 1. The number of oxime groups is 1. The van der Waals surface area contributed by atoms with Gasteiger partial charge in [0.2, 0.25) is 0 Å². The first-order valence-corrected chi connectivity index (χ1v) is 35.7. The molecule has 91 heavy (non-hydrogen) atoms. The number of Topliss-reactive ketones (excluding diaryl/α,β-unsaturated/α-hetero) is 1. The Morgan fingerprint density at radius 2 is 1.13 bits per heavy atom. The molecule has 504 valence electrons. The van der Waals surface area contributed by atoms with E-state index in [-0.39, 0.29) is 33.2 Å². The lowest BCUT2D eigenvalue weighted by molar-refractivity contribution is -0.154. The Balaban J connectivity index is 0.000000577. The zero-order chi connectivity index (χ0) is 68.4. The van der Waals surface area contributed by atoms with Gasteiger partial charge in [-0.2, -0.15) is 13.7 Å². The third-order valence-corrected chi connectivity index (χ3v) is 21.0. The maximum atomic E-state index is 11.8. The molecule has 1 N–H and O–H groups in total. The van der Waals surface area contributed by atoms with Crippen LogP contribution >= 0.6 is 11.8 Å². The van der Waals surface area contributed by atoms with Crippen molar-refractivity contribution in [2.45, 2.75) is 210 Å². The van der Waals surface area contributed by atoms with Crippen LogP contribution in [0.5, 0.6) is 5.75 Å². The zero-order valence-electron chi connectivity index (χ0n) is 57.7. The molecule has 0 amide bonds. The summed E-state index contributed by atoms with van der Waals surface area (Å²) in [5.41, 5.74) is 0.680. The summed E-state index contributed by atoms with van der Waals surface area (Å²) in [6.07, 6.45) is 13.7. The fourth-order valence-corrected chi connectivity index (χ4v) is 12.8. The van der Waals surface area contributed by atoms with Crippen molar-refractivity contribution in [2.24, 2.45) is 33.7 Å². The van der Waals surface area contributed by atoms with E-state index >= 15 is 0 Å². The van der Waals surface area contributed by atoms with Crippen LogP contribution in [0, 0.1) is 39.9 Å². The Hall–Kier alpha value is -6.00. The van der Waals surface area contributed by atoms with Gasteiger partial charge in [-0.1, -0.05) is 166 Å². The summed E-state index contributed by atoms with van der Waals surface area (Å²) in [5.74, 6) is -1.02. The van der Waals surface area contributed by atoms with Crippen LogP contribution in [0.3, 0.4) is 0 Å². The van der Waals surface area contributed by atoms with Gasteiger partial charge >= 0.3 is 22.1 Å². The molecule has 0 aromatic heterocycles. The summed E-state index contributed by atoms with van der Waals surface area (Å²) in [5, 5.41) is 21.1. The van der Waals surface area contributed by atoms with Crippen molar-refractivity contribution in [3.8, 4) is 11.8 Å². The highest BCUT2D eigenvalue weighted by molar-refractivity contribution is 7.99. The number of nitrogens with zero attached hydrogens (tertiary/aromatic N) is 2. The summed E-state index contributed by atoms with van der Waals surface area (Å²) in [4.78, 5) is 39.3. The van der Waals surface area contributed by atoms with Crippen molar-refractivity contribution in [3.05, 3.63) is 145 Å². The van der Waals surface area contributed by atoms with Gasteiger partial charge in [0.05, 0.1) is 61.0 Å². The summed E-state index contributed by atoms with van der Waals surface area (Å²) in [6, 6.07) is 49.5. The molecule has 0 heterocycles. The maximum Gasteiger partial charge on any atom is 0.328 e. The second-order valence-corrected chi connectivity index (χ2v) is 28.0.